The third-order valence-electron chi connectivity index (χ3n) is 4.51. The highest BCUT2D eigenvalue weighted by atomic mass is 16.2. The van der Waals surface area contributed by atoms with Crippen molar-refractivity contribution in [3.63, 3.8) is 0 Å². The first kappa shape index (κ1) is 14.8. The number of likely N-dealkylation sites (tertiary alicyclic amines) is 1. The molecular formula is C18H19N5O. The van der Waals surface area contributed by atoms with Crippen molar-refractivity contribution in [2.24, 2.45) is 0 Å². The molecule has 0 aliphatic carbocycles. The summed E-state index contributed by atoms with van der Waals surface area (Å²) >= 11 is 0. The summed E-state index contributed by atoms with van der Waals surface area (Å²) in [5.74, 6) is -0.0581. The van der Waals surface area contributed by atoms with E-state index in [4.69, 9.17) is 0 Å². The van der Waals surface area contributed by atoms with Crippen LogP contribution < -0.4 is 0 Å². The number of amides is 1. The van der Waals surface area contributed by atoms with E-state index in [-0.39, 0.29) is 11.9 Å². The Hall–Kier alpha value is -2.76. The predicted octanol–water partition coefficient (Wildman–Crippen LogP) is 2.53. The Morgan fingerprint density at radius 3 is 2.75 bits per heavy atom. The second-order valence-electron chi connectivity index (χ2n) is 6.31. The van der Waals surface area contributed by atoms with Crippen molar-refractivity contribution in [3.8, 4) is 0 Å². The predicted molar refractivity (Wildman–Crippen MR) is 90.8 cm³/mol. The molecule has 0 spiro atoms. The summed E-state index contributed by atoms with van der Waals surface area (Å²) in [7, 11) is 0. The largest absolute Gasteiger partial charge is 0.335 e. The minimum absolute atomic E-state index is 0.0581. The summed E-state index contributed by atoms with van der Waals surface area (Å²) in [5, 5.41) is 4.55. The molecule has 0 bridgehead atoms. The Balaban J connectivity index is 1.55. The van der Waals surface area contributed by atoms with E-state index in [1.807, 2.05) is 40.8 Å². The summed E-state index contributed by atoms with van der Waals surface area (Å²) in [4.78, 5) is 23.4. The Bertz CT molecular complexity index is 917. The lowest BCUT2D eigenvalue weighted by Gasteiger charge is -2.17. The SMILES string of the molecule is Cc1cc(C)n([C@@H]2CCN(C(=O)c3cnc4ccccc4n3)C2)n1. The van der Waals surface area contributed by atoms with Gasteiger partial charge in [0.1, 0.15) is 5.69 Å². The van der Waals surface area contributed by atoms with Crippen LogP contribution >= 0.6 is 0 Å². The third kappa shape index (κ3) is 2.54. The maximum atomic E-state index is 12.8. The lowest BCUT2D eigenvalue weighted by atomic mass is 10.2. The summed E-state index contributed by atoms with van der Waals surface area (Å²) < 4.78 is 2.04. The zero-order valence-corrected chi connectivity index (χ0v) is 13.8. The Labute approximate surface area is 140 Å². The summed E-state index contributed by atoms with van der Waals surface area (Å²) in [6.07, 6.45) is 2.48. The first-order chi connectivity index (χ1) is 11.6. The highest BCUT2D eigenvalue weighted by molar-refractivity contribution is 5.94. The van der Waals surface area contributed by atoms with E-state index in [0.717, 1.165) is 35.4 Å². The molecule has 6 nitrogen and oxygen atoms in total. The van der Waals surface area contributed by atoms with Crippen LogP contribution in [0, 0.1) is 13.8 Å². The molecule has 1 amide bonds. The molecule has 0 N–H and O–H groups in total. The molecule has 122 valence electrons. The van der Waals surface area contributed by atoms with Gasteiger partial charge in [-0.05, 0) is 38.5 Å². The zero-order valence-electron chi connectivity index (χ0n) is 13.8. The molecule has 1 aromatic carbocycles. The van der Waals surface area contributed by atoms with Gasteiger partial charge in [-0.25, -0.2) is 4.98 Å². The Kier molecular flexibility index (Phi) is 3.52. The first-order valence-corrected chi connectivity index (χ1v) is 8.15. The number of hydrogen-bond donors (Lipinski definition) is 0. The van der Waals surface area contributed by atoms with Crippen molar-refractivity contribution in [1.82, 2.24) is 24.6 Å². The number of fused-ring (bicyclic) bond motifs is 1. The third-order valence-corrected chi connectivity index (χ3v) is 4.51. The number of carbonyl (C=O) groups excluding carboxylic acids is 1. The maximum Gasteiger partial charge on any atom is 0.274 e. The summed E-state index contributed by atoms with van der Waals surface area (Å²) in [5.41, 5.74) is 4.10. The van der Waals surface area contributed by atoms with Gasteiger partial charge in [0, 0.05) is 18.8 Å². The van der Waals surface area contributed by atoms with Crippen molar-refractivity contribution in [2.45, 2.75) is 26.3 Å². The van der Waals surface area contributed by atoms with Gasteiger partial charge in [0.05, 0.1) is 29.0 Å². The number of nitrogens with zero attached hydrogens (tertiary/aromatic N) is 5. The minimum atomic E-state index is -0.0581. The van der Waals surface area contributed by atoms with Gasteiger partial charge in [-0.15, -0.1) is 0 Å². The van der Waals surface area contributed by atoms with Crippen LogP contribution in [-0.4, -0.2) is 43.6 Å². The number of benzene rings is 1. The van der Waals surface area contributed by atoms with E-state index >= 15 is 0 Å². The van der Waals surface area contributed by atoms with Gasteiger partial charge in [0.15, 0.2) is 0 Å². The van der Waals surface area contributed by atoms with Crippen LogP contribution in [0.1, 0.15) is 34.3 Å². The fraction of sp³-hybridized carbons (Fsp3) is 0.333. The van der Waals surface area contributed by atoms with Crippen LogP contribution in [0.5, 0.6) is 0 Å². The molecule has 0 radical (unpaired) electrons. The van der Waals surface area contributed by atoms with Gasteiger partial charge in [0.25, 0.3) is 5.91 Å². The monoisotopic (exact) mass is 321 g/mol. The Morgan fingerprint density at radius 1 is 1.21 bits per heavy atom. The second-order valence-corrected chi connectivity index (χ2v) is 6.31. The number of para-hydroxylation sites is 2. The van der Waals surface area contributed by atoms with Crippen LogP contribution in [0.4, 0.5) is 0 Å². The molecule has 1 saturated heterocycles. The van der Waals surface area contributed by atoms with Crippen molar-refractivity contribution < 1.29 is 4.79 Å². The molecule has 0 saturated carbocycles. The van der Waals surface area contributed by atoms with E-state index in [9.17, 15) is 4.79 Å². The van der Waals surface area contributed by atoms with Gasteiger partial charge in [-0.2, -0.15) is 5.10 Å². The molecule has 0 unspecified atom stereocenters. The van der Waals surface area contributed by atoms with Crippen LogP contribution in [-0.2, 0) is 0 Å². The summed E-state index contributed by atoms with van der Waals surface area (Å²) in [6, 6.07) is 9.89. The number of aryl methyl sites for hydroxylation is 2. The lowest BCUT2D eigenvalue weighted by molar-refractivity contribution is 0.0781. The molecule has 4 rings (SSSR count). The minimum Gasteiger partial charge on any atom is -0.335 e. The van der Waals surface area contributed by atoms with Crippen molar-refractivity contribution in [3.05, 3.63) is 53.6 Å². The fourth-order valence-electron chi connectivity index (χ4n) is 3.36. The van der Waals surface area contributed by atoms with Gasteiger partial charge in [-0.1, -0.05) is 12.1 Å². The van der Waals surface area contributed by atoms with Crippen molar-refractivity contribution >= 4 is 16.9 Å². The first-order valence-electron chi connectivity index (χ1n) is 8.15. The number of rotatable bonds is 2. The molecule has 1 aliphatic rings. The van der Waals surface area contributed by atoms with Gasteiger partial charge in [-0.3, -0.25) is 14.5 Å². The van der Waals surface area contributed by atoms with E-state index in [1.54, 1.807) is 6.20 Å². The highest BCUT2D eigenvalue weighted by Gasteiger charge is 2.30. The highest BCUT2D eigenvalue weighted by Crippen LogP contribution is 2.24. The van der Waals surface area contributed by atoms with E-state index in [2.05, 4.69) is 28.1 Å². The van der Waals surface area contributed by atoms with E-state index < -0.39 is 0 Å². The average molecular weight is 321 g/mol. The molecule has 1 atom stereocenters. The molecule has 3 aromatic rings. The molecule has 3 heterocycles. The molecule has 6 heteroatoms. The molecule has 24 heavy (non-hydrogen) atoms. The van der Waals surface area contributed by atoms with E-state index in [1.165, 1.54) is 0 Å². The summed E-state index contributed by atoms with van der Waals surface area (Å²) in [6.45, 7) is 5.43. The molecule has 2 aromatic heterocycles. The molecule has 1 fully saturated rings. The lowest BCUT2D eigenvalue weighted by Crippen LogP contribution is -2.30. The van der Waals surface area contributed by atoms with Gasteiger partial charge >= 0.3 is 0 Å². The quantitative estimate of drug-likeness (QED) is 0.727. The fourth-order valence-corrected chi connectivity index (χ4v) is 3.36. The van der Waals surface area contributed by atoms with Crippen molar-refractivity contribution in [1.29, 1.82) is 0 Å². The smallest absolute Gasteiger partial charge is 0.274 e. The normalized spacial score (nSPS) is 17.6. The zero-order chi connectivity index (χ0) is 16.7. The molecule has 1 aliphatic heterocycles. The topological polar surface area (TPSA) is 63.9 Å². The Morgan fingerprint density at radius 2 is 2.00 bits per heavy atom. The second kappa shape index (κ2) is 5.70. The number of carbonyl (C=O) groups is 1. The van der Waals surface area contributed by atoms with Crippen LogP contribution in [0.25, 0.3) is 11.0 Å². The standard InChI is InChI=1S/C18H19N5O/c1-12-9-13(2)23(21-12)14-7-8-22(11-14)18(24)17-10-19-15-5-3-4-6-16(15)20-17/h3-6,9-10,14H,7-8,11H2,1-2H3/t14-/m1/s1. The van der Waals surface area contributed by atoms with Gasteiger partial charge in [0.2, 0.25) is 0 Å². The van der Waals surface area contributed by atoms with Crippen LogP contribution in [0.2, 0.25) is 0 Å². The van der Waals surface area contributed by atoms with Crippen LogP contribution in [0.3, 0.4) is 0 Å². The number of aromatic nitrogens is 4. The molecular weight excluding hydrogens is 302 g/mol. The van der Waals surface area contributed by atoms with E-state index in [0.29, 0.717) is 12.2 Å². The van der Waals surface area contributed by atoms with Crippen LogP contribution in [0.15, 0.2) is 36.5 Å². The number of hydrogen-bond acceptors (Lipinski definition) is 4. The van der Waals surface area contributed by atoms with Crippen molar-refractivity contribution in [2.75, 3.05) is 13.1 Å². The van der Waals surface area contributed by atoms with Gasteiger partial charge < -0.3 is 4.90 Å². The maximum absolute atomic E-state index is 12.8. The average Bonchev–Trinajstić information content (AvgIpc) is 3.20.